The second kappa shape index (κ2) is 7.23. The van der Waals surface area contributed by atoms with E-state index in [-0.39, 0.29) is 17.0 Å². The maximum Gasteiger partial charge on any atom is 0.257 e. The topological polar surface area (TPSA) is 72.1 Å². The van der Waals surface area contributed by atoms with Crippen molar-refractivity contribution in [2.45, 2.75) is 70.0 Å². The van der Waals surface area contributed by atoms with Crippen molar-refractivity contribution in [1.82, 2.24) is 19.7 Å². The van der Waals surface area contributed by atoms with Crippen LogP contribution in [0.3, 0.4) is 0 Å². The highest BCUT2D eigenvalue weighted by molar-refractivity contribution is 5.81. The molecule has 0 amide bonds. The summed E-state index contributed by atoms with van der Waals surface area (Å²) >= 11 is 0. The summed E-state index contributed by atoms with van der Waals surface area (Å²) in [6.45, 7) is 1.49. The van der Waals surface area contributed by atoms with Gasteiger partial charge in [-0.05, 0) is 80.7 Å². The number of hydrogen-bond acceptors (Lipinski definition) is 4. The van der Waals surface area contributed by atoms with Crippen molar-refractivity contribution in [3.05, 3.63) is 57.5 Å². The molecule has 2 N–H and O–H groups in total. The minimum atomic E-state index is -0.306. The zero-order valence-corrected chi connectivity index (χ0v) is 17.9. The molecule has 3 heterocycles. The number of benzene rings is 1. The fourth-order valence-electron chi connectivity index (χ4n) is 5.88. The van der Waals surface area contributed by atoms with Crippen LogP contribution in [0.25, 0.3) is 11.0 Å². The average Bonchev–Trinajstić information content (AvgIpc) is 3.29. The normalized spacial score (nSPS) is 23.4. The number of pyridine rings is 1. The number of hydrogen-bond donors (Lipinski definition) is 2. The van der Waals surface area contributed by atoms with E-state index in [2.05, 4.69) is 9.88 Å². The van der Waals surface area contributed by atoms with Crippen molar-refractivity contribution in [1.29, 1.82) is 0 Å². The first kappa shape index (κ1) is 19.1. The van der Waals surface area contributed by atoms with Gasteiger partial charge in [0.15, 0.2) is 0 Å². The highest BCUT2D eigenvalue weighted by Gasteiger charge is 2.43. The number of aryl methyl sites for hydroxylation is 1. The summed E-state index contributed by atoms with van der Waals surface area (Å²) in [6.07, 6.45) is 11.7. The standard InChI is InChI=1S/C25H30N4O2/c30-19-6-3-5-18(13-19)16-28-23-22(15-27-28)20-7-1-2-8-21(20)24(31)29(23)25(11-4-12-26-25)14-17-9-10-17/h3,5-6,13,15,17,26,30H,1-2,4,7-12,14,16H2/t25-/m1/s1. The lowest BCUT2D eigenvalue weighted by Gasteiger charge is -2.35. The van der Waals surface area contributed by atoms with E-state index >= 15 is 0 Å². The summed E-state index contributed by atoms with van der Waals surface area (Å²) in [5.74, 6) is 0.970. The predicted molar refractivity (Wildman–Crippen MR) is 120 cm³/mol. The molecule has 1 atom stereocenters. The van der Waals surface area contributed by atoms with E-state index in [1.807, 2.05) is 23.0 Å². The minimum Gasteiger partial charge on any atom is -0.508 e. The highest BCUT2D eigenvalue weighted by Crippen LogP contribution is 2.43. The molecule has 1 saturated carbocycles. The van der Waals surface area contributed by atoms with Crippen LogP contribution in [0.1, 0.15) is 61.6 Å². The number of nitrogens with one attached hydrogen (secondary N) is 1. The van der Waals surface area contributed by atoms with E-state index in [9.17, 15) is 9.90 Å². The third kappa shape index (κ3) is 3.19. The summed E-state index contributed by atoms with van der Waals surface area (Å²) in [7, 11) is 0. The van der Waals surface area contributed by atoms with Crippen LogP contribution in [0.4, 0.5) is 0 Å². The Labute approximate surface area is 181 Å². The Balaban J connectivity index is 1.59. The summed E-state index contributed by atoms with van der Waals surface area (Å²) in [6, 6.07) is 7.33. The molecule has 2 fully saturated rings. The Hall–Kier alpha value is -2.60. The fourth-order valence-corrected chi connectivity index (χ4v) is 5.88. The van der Waals surface area contributed by atoms with Gasteiger partial charge in [-0.25, -0.2) is 4.68 Å². The number of fused-ring (bicyclic) bond motifs is 3. The average molecular weight is 419 g/mol. The zero-order chi connectivity index (χ0) is 21.0. The first-order valence-electron chi connectivity index (χ1n) is 11.8. The number of phenols is 1. The van der Waals surface area contributed by atoms with Gasteiger partial charge in [-0.15, -0.1) is 0 Å². The molecule has 1 saturated heterocycles. The molecule has 0 unspecified atom stereocenters. The molecular formula is C25H30N4O2. The van der Waals surface area contributed by atoms with E-state index in [1.165, 1.54) is 18.4 Å². The molecule has 6 rings (SSSR count). The first-order chi connectivity index (χ1) is 15.1. The van der Waals surface area contributed by atoms with Gasteiger partial charge in [-0.2, -0.15) is 5.10 Å². The molecule has 2 aliphatic carbocycles. The second-order valence-electron chi connectivity index (χ2n) is 9.72. The fraction of sp³-hybridized carbons (Fsp3) is 0.520. The summed E-state index contributed by atoms with van der Waals surface area (Å²) in [4.78, 5) is 14.0. The van der Waals surface area contributed by atoms with Gasteiger partial charge in [-0.1, -0.05) is 25.0 Å². The predicted octanol–water partition coefficient (Wildman–Crippen LogP) is 3.67. The van der Waals surface area contributed by atoms with Crippen LogP contribution in [-0.2, 0) is 25.0 Å². The molecule has 0 spiro atoms. The molecule has 6 nitrogen and oxygen atoms in total. The summed E-state index contributed by atoms with van der Waals surface area (Å²) in [5.41, 5.74) is 4.04. The van der Waals surface area contributed by atoms with Gasteiger partial charge in [0.2, 0.25) is 0 Å². The summed E-state index contributed by atoms with van der Waals surface area (Å²) in [5, 5.41) is 19.6. The lowest BCUT2D eigenvalue weighted by Crippen LogP contribution is -2.50. The van der Waals surface area contributed by atoms with Crippen molar-refractivity contribution < 1.29 is 5.11 Å². The third-order valence-electron chi connectivity index (χ3n) is 7.49. The molecule has 0 bridgehead atoms. The van der Waals surface area contributed by atoms with Gasteiger partial charge in [-0.3, -0.25) is 14.7 Å². The molecule has 162 valence electrons. The largest absolute Gasteiger partial charge is 0.508 e. The summed E-state index contributed by atoms with van der Waals surface area (Å²) < 4.78 is 4.09. The SMILES string of the molecule is O=c1c2c(c3cnn(Cc4cccc(O)c4)c3n1[C@@]1(CC3CC3)CCCN1)CCCC2. The maximum atomic E-state index is 14.0. The van der Waals surface area contributed by atoms with E-state index in [1.54, 1.807) is 12.1 Å². The first-order valence-corrected chi connectivity index (χ1v) is 11.8. The smallest absolute Gasteiger partial charge is 0.257 e. The zero-order valence-electron chi connectivity index (χ0n) is 17.9. The van der Waals surface area contributed by atoms with Crippen LogP contribution in [-0.4, -0.2) is 26.0 Å². The number of phenolic OH excluding ortho intramolecular Hbond substituents is 1. The molecule has 1 aliphatic heterocycles. The number of rotatable bonds is 5. The second-order valence-corrected chi connectivity index (χ2v) is 9.72. The van der Waals surface area contributed by atoms with Crippen LogP contribution in [0.2, 0.25) is 0 Å². The minimum absolute atomic E-state index is 0.190. The molecule has 6 heteroatoms. The van der Waals surface area contributed by atoms with E-state index in [0.29, 0.717) is 12.5 Å². The quantitative estimate of drug-likeness (QED) is 0.663. The van der Waals surface area contributed by atoms with E-state index < -0.39 is 0 Å². The van der Waals surface area contributed by atoms with E-state index in [0.717, 1.165) is 73.7 Å². The van der Waals surface area contributed by atoms with Gasteiger partial charge >= 0.3 is 0 Å². The van der Waals surface area contributed by atoms with Crippen LogP contribution >= 0.6 is 0 Å². The Morgan fingerprint density at radius 3 is 2.74 bits per heavy atom. The molecule has 2 aromatic heterocycles. The van der Waals surface area contributed by atoms with Gasteiger partial charge in [0.1, 0.15) is 17.1 Å². The Morgan fingerprint density at radius 1 is 1.16 bits per heavy atom. The van der Waals surface area contributed by atoms with Gasteiger partial charge in [0, 0.05) is 10.9 Å². The van der Waals surface area contributed by atoms with Crippen molar-refractivity contribution >= 4 is 11.0 Å². The molecule has 1 aromatic carbocycles. The van der Waals surface area contributed by atoms with Crippen LogP contribution < -0.4 is 10.9 Å². The molecule has 31 heavy (non-hydrogen) atoms. The Kier molecular flexibility index (Phi) is 4.46. The maximum absolute atomic E-state index is 14.0. The molecule has 3 aromatic rings. The lowest BCUT2D eigenvalue weighted by atomic mass is 9.90. The monoisotopic (exact) mass is 418 g/mol. The Morgan fingerprint density at radius 2 is 2.00 bits per heavy atom. The molecule has 3 aliphatic rings. The van der Waals surface area contributed by atoms with Crippen molar-refractivity contribution in [3.8, 4) is 5.75 Å². The van der Waals surface area contributed by atoms with Crippen LogP contribution in [0.15, 0.2) is 35.3 Å². The van der Waals surface area contributed by atoms with Crippen LogP contribution in [0.5, 0.6) is 5.75 Å². The molecular weight excluding hydrogens is 388 g/mol. The number of aromatic nitrogens is 3. The lowest BCUT2D eigenvalue weighted by molar-refractivity contribution is 0.216. The van der Waals surface area contributed by atoms with E-state index in [4.69, 9.17) is 5.10 Å². The Bertz CT molecular complexity index is 1200. The third-order valence-corrected chi connectivity index (χ3v) is 7.49. The van der Waals surface area contributed by atoms with Gasteiger partial charge < -0.3 is 5.11 Å². The van der Waals surface area contributed by atoms with Crippen LogP contribution in [0, 0.1) is 5.92 Å². The van der Waals surface area contributed by atoms with Gasteiger partial charge in [0.05, 0.1) is 12.7 Å². The number of aromatic hydroxyl groups is 1. The molecule has 0 radical (unpaired) electrons. The van der Waals surface area contributed by atoms with Gasteiger partial charge in [0.25, 0.3) is 5.56 Å². The van der Waals surface area contributed by atoms with Crippen molar-refractivity contribution in [2.24, 2.45) is 5.92 Å². The van der Waals surface area contributed by atoms with Crippen molar-refractivity contribution in [2.75, 3.05) is 6.54 Å². The highest BCUT2D eigenvalue weighted by atomic mass is 16.3. The number of nitrogens with zero attached hydrogens (tertiary/aromatic N) is 3. The van der Waals surface area contributed by atoms with Crippen molar-refractivity contribution in [3.63, 3.8) is 0 Å².